The summed E-state index contributed by atoms with van der Waals surface area (Å²) in [6.45, 7) is 1.33. The molecule has 0 amide bonds. The topological polar surface area (TPSA) is 115 Å². The number of ether oxygens (including phenoxy) is 1. The van der Waals surface area contributed by atoms with Crippen molar-refractivity contribution in [2.45, 2.75) is 13.5 Å². The number of rotatable bonds is 3. The molecule has 92 valence electrons. The molecule has 2 N–H and O–H groups in total. The van der Waals surface area contributed by atoms with Crippen molar-refractivity contribution in [2.24, 2.45) is 0 Å². The van der Waals surface area contributed by atoms with Crippen molar-refractivity contribution in [3.05, 3.63) is 23.6 Å². The predicted molar refractivity (Wildman–Crippen MR) is 58.8 cm³/mol. The summed E-state index contributed by atoms with van der Waals surface area (Å²) in [5.41, 5.74) is 5.43. The number of nitriles is 1. The summed E-state index contributed by atoms with van der Waals surface area (Å²) in [6, 6.07) is 5.00. The number of nitrogens with two attached hydrogens (primary N) is 1. The first-order valence-electron chi connectivity index (χ1n) is 4.99. The number of carbonyl (C=O) groups excluding carboxylic acids is 1. The first kappa shape index (κ1) is 11.7. The van der Waals surface area contributed by atoms with Gasteiger partial charge < -0.3 is 19.3 Å². The second-order valence-corrected chi connectivity index (χ2v) is 3.39. The number of anilines is 1. The van der Waals surface area contributed by atoms with Crippen molar-refractivity contribution < 1.29 is 18.4 Å². The van der Waals surface area contributed by atoms with Crippen molar-refractivity contribution in [3.8, 4) is 17.7 Å². The fraction of sp³-hybridized carbons (Fsp3) is 0.182. The smallest absolute Gasteiger partial charge is 0.303 e. The van der Waals surface area contributed by atoms with Gasteiger partial charge in [0.05, 0.1) is 0 Å². The van der Waals surface area contributed by atoms with Crippen LogP contribution in [0.3, 0.4) is 0 Å². The Morgan fingerprint density at radius 1 is 1.56 bits per heavy atom. The minimum Gasteiger partial charge on any atom is -0.458 e. The maximum Gasteiger partial charge on any atom is 0.303 e. The lowest BCUT2D eigenvalue weighted by atomic mass is 10.4. The van der Waals surface area contributed by atoms with Crippen LogP contribution in [0.25, 0.3) is 11.7 Å². The van der Waals surface area contributed by atoms with Crippen LogP contribution in [0.5, 0.6) is 0 Å². The van der Waals surface area contributed by atoms with Crippen LogP contribution >= 0.6 is 0 Å². The van der Waals surface area contributed by atoms with E-state index in [0.29, 0.717) is 11.5 Å². The van der Waals surface area contributed by atoms with Gasteiger partial charge in [-0.05, 0) is 12.1 Å². The minimum atomic E-state index is -0.403. The van der Waals surface area contributed by atoms with E-state index in [0.717, 1.165) is 0 Å². The van der Waals surface area contributed by atoms with Crippen LogP contribution in [0.4, 0.5) is 5.88 Å². The highest BCUT2D eigenvalue weighted by Gasteiger charge is 2.15. The number of carbonyl (C=O) groups is 1. The number of nitrogens with zero attached hydrogens (tertiary/aromatic N) is 2. The molecule has 0 atom stereocenters. The van der Waals surface area contributed by atoms with Crippen LogP contribution in [-0.4, -0.2) is 11.0 Å². The lowest BCUT2D eigenvalue weighted by Crippen LogP contribution is -1.97. The molecule has 2 aromatic rings. The molecule has 0 fully saturated rings. The van der Waals surface area contributed by atoms with Crippen LogP contribution in [0, 0.1) is 11.3 Å². The molecule has 0 aliphatic carbocycles. The van der Waals surface area contributed by atoms with Crippen LogP contribution in [0.1, 0.15) is 18.4 Å². The average molecular weight is 247 g/mol. The van der Waals surface area contributed by atoms with Crippen LogP contribution < -0.4 is 5.73 Å². The standard InChI is InChI=1S/C11H9N3O4/c1-6(15)16-5-7-2-3-9(17-7)11-14-8(4-12)10(13)18-11/h2-3H,5,13H2,1H3. The Kier molecular flexibility index (Phi) is 3.02. The van der Waals surface area contributed by atoms with Gasteiger partial charge in [0.1, 0.15) is 18.4 Å². The average Bonchev–Trinajstić information content (AvgIpc) is 2.92. The molecule has 2 rings (SSSR count). The maximum absolute atomic E-state index is 10.6. The first-order chi connectivity index (χ1) is 8.60. The molecular weight excluding hydrogens is 238 g/mol. The molecule has 2 heterocycles. The zero-order valence-corrected chi connectivity index (χ0v) is 9.47. The van der Waals surface area contributed by atoms with Crippen molar-refractivity contribution >= 4 is 11.9 Å². The Morgan fingerprint density at radius 3 is 2.94 bits per heavy atom. The molecule has 0 aromatic carbocycles. The van der Waals surface area contributed by atoms with Crippen molar-refractivity contribution in [2.75, 3.05) is 5.73 Å². The summed E-state index contributed by atoms with van der Waals surface area (Å²) in [5, 5.41) is 8.69. The molecule has 0 radical (unpaired) electrons. The van der Waals surface area contributed by atoms with Gasteiger partial charge in [0.25, 0.3) is 5.89 Å². The summed E-state index contributed by atoms with van der Waals surface area (Å²) >= 11 is 0. The lowest BCUT2D eigenvalue weighted by Gasteiger charge is -1.96. The van der Waals surface area contributed by atoms with Crippen molar-refractivity contribution in [1.29, 1.82) is 5.26 Å². The van der Waals surface area contributed by atoms with E-state index >= 15 is 0 Å². The molecule has 7 heteroatoms. The van der Waals surface area contributed by atoms with Gasteiger partial charge in [-0.15, -0.1) is 0 Å². The SMILES string of the molecule is CC(=O)OCc1ccc(-c2nc(C#N)c(N)o2)o1. The second kappa shape index (κ2) is 4.63. The largest absolute Gasteiger partial charge is 0.458 e. The molecular formula is C11H9N3O4. The molecule has 0 saturated heterocycles. The van der Waals surface area contributed by atoms with Crippen molar-refractivity contribution in [1.82, 2.24) is 4.98 Å². The number of oxazole rings is 1. The predicted octanol–water partition coefficient (Wildman–Crippen LogP) is 1.45. The fourth-order valence-corrected chi connectivity index (χ4v) is 1.26. The molecule has 7 nitrogen and oxygen atoms in total. The number of aromatic nitrogens is 1. The summed E-state index contributed by atoms with van der Waals surface area (Å²) < 4.78 is 15.2. The fourth-order valence-electron chi connectivity index (χ4n) is 1.26. The molecule has 0 aliphatic heterocycles. The molecule has 0 saturated carbocycles. The quantitative estimate of drug-likeness (QED) is 0.816. The summed E-state index contributed by atoms with van der Waals surface area (Å²) in [6.07, 6.45) is 0. The molecule has 0 aliphatic rings. The molecule has 0 spiro atoms. The highest BCUT2D eigenvalue weighted by molar-refractivity contribution is 5.65. The van der Waals surface area contributed by atoms with E-state index < -0.39 is 5.97 Å². The van der Waals surface area contributed by atoms with Gasteiger partial charge in [-0.1, -0.05) is 0 Å². The van der Waals surface area contributed by atoms with Crippen molar-refractivity contribution in [3.63, 3.8) is 0 Å². The van der Waals surface area contributed by atoms with Gasteiger partial charge in [0, 0.05) is 6.92 Å². The molecule has 2 aromatic heterocycles. The van der Waals surface area contributed by atoms with E-state index in [1.54, 1.807) is 18.2 Å². The minimum absolute atomic E-state index is 0.00272. The van der Waals surface area contributed by atoms with Gasteiger partial charge in [0.2, 0.25) is 11.6 Å². The number of hydrogen-bond donors (Lipinski definition) is 1. The Hall–Kier alpha value is -2.75. The highest BCUT2D eigenvalue weighted by atomic mass is 16.5. The summed E-state index contributed by atoms with van der Waals surface area (Å²) in [7, 11) is 0. The van der Waals surface area contributed by atoms with Crippen LogP contribution in [-0.2, 0) is 16.1 Å². The molecule has 0 bridgehead atoms. The van der Waals surface area contributed by atoms with E-state index in [-0.39, 0.29) is 24.1 Å². The second-order valence-electron chi connectivity index (χ2n) is 3.39. The Morgan fingerprint density at radius 2 is 2.33 bits per heavy atom. The monoisotopic (exact) mass is 247 g/mol. The van der Waals surface area contributed by atoms with E-state index in [4.69, 9.17) is 24.6 Å². The zero-order valence-electron chi connectivity index (χ0n) is 9.47. The van der Waals surface area contributed by atoms with Gasteiger partial charge in [0.15, 0.2) is 5.76 Å². The molecule has 18 heavy (non-hydrogen) atoms. The molecule has 0 unspecified atom stereocenters. The van der Waals surface area contributed by atoms with E-state index in [1.807, 2.05) is 0 Å². The Balaban J connectivity index is 2.19. The van der Waals surface area contributed by atoms with E-state index in [1.165, 1.54) is 6.92 Å². The summed E-state index contributed by atoms with van der Waals surface area (Å²) in [5.74, 6) is 0.393. The maximum atomic E-state index is 10.6. The van der Waals surface area contributed by atoms with Crippen LogP contribution in [0.15, 0.2) is 21.0 Å². The van der Waals surface area contributed by atoms with Gasteiger partial charge >= 0.3 is 5.97 Å². The van der Waals surface area contributed by atoms with Gasteiger partial charge in [-0.3, -0.25) is 4.79 Å². The highest BCUT2D eigenvalue weighted by Crippen LogP contribution is 2.25. The third-order valence-electron chi connectivity index (χ3n) is 2.05. The number of nitrogen functional groups attached to an aromatic ring is 1. The van der Waals surface area contributed by atoms with E-state index in [2.05, 4.69) is 4.98 Å². The number of furan rings is 1. The Bertz CT molecular complexity index is 621. The van der Waals surface area contributed by atoms with Gasteiger partial charge in [-0.2, -0.15) is 10.2 Å². The lowest BCUT2D eigenvalue weighted by molar-refractivity contribution is -0.142. The van der Waals surface area contributed by atoms with Crippen LogP contribution in [0.2, 0.25) is 0 Å². The number of hydrogen-bond acceptors (Lipinski definition) is 7. The third kappa shape index (κ3) is 2.32. The first-order valence-corrected chi connectivity index (χ1v) is 4.99. The van der Waals surface area contributed by atoms with Gasteiger partial charge in [-0.25, -0.2) is 0 Å². The third-order valence-corrected chi connectivity index (χ3v) is 2.05. The zero-order chi connectivity index (χ0) is 13.1. The normalized spacial score (nSPS) is 10.0. The summed E-state index contributed by atoms with van der Waals surface area (Å²) in [4.78, 5) is 14.5. The Labute approximate surface area is 102 Å². The van der Waals surface area contributed by atoms with E-state index in [9.17, 15) is 4.79 Å². The number of esters is 1.